The van der Waals surface area contributed by atoms with Crippen LogP contribution in [0.1, 0.15) is 26.7 Å². The van der Waals surface area contributed by atoms with Gasteiger partial charge in [0.1, 0.15) is 5.69 Å². The Morgan fingerprint density at radius 3 is 2.60 bits per heavy atom. The van der Waals surface area contributed by atoms with E-state index in [0.717, 1.165) is 44.8 Å². The molecule has 5 heteroatoms. The highest BCUT2D eigenvalue weighted by molar-refractivity contribution is 5.63. The van der Waals surface area contributed by atoms with Crippen LogP contribution in [0.25, 0.3) is 0 Å². The third-order valence-electron chi connectivity index (χ3n) is 4.04. The minimum Gasteiger partial charge on any atom is -0.381 e. The first-order chi connectivity index (χ1) is 9.56. The Bertz CT molecular complexity index is 468. The highest BCUT2D eigenvalue weighted by atomic mass is 16.6. The third-order valence-corrected chi connectivity index (χ3v) is 4.04. The van der Waals surface area contributed by atoms with Gasteiger partial charge in [0, 0.05) is 25.8 Å². The molecule has 1 saturated heterocycles. The van der Waals surface area contributed by atoms with Crippen LogP contribution in [0.15, 0.2) is 24.3 Å². The van der Waals surface area contributed by atoms with Crippen LogP contribution in [0.3, 0.4) is 0 Å². The van der Waals surface area contributed by atoms with E-state index in [9.17, 15) is 10.1 Å². The zero-order valence-electron chi connectivity index (χ0n) is 12.2. The zero-order valence-corrected chi connectivity index (χ0v) is 12.2. The van der Waals surface area contributed by atoms with Crippen molar-refractivity contribution < 1.29 is 9.66 Å². The lowest BCUT2D eigenvalue weighted by atomic mass is 9.81. The topological polar surface area (TPSA) is 55.6 Å². The van der Waals surface area contributed by atoms with Gasteiger partial charge in [-0.25, -0.2) is 0 Å². The van der Waals surface area contributed by atoms with Gasteiger partial charge >= 0.3 is 0 Å². The Morgan fingerprint density at radius 2 is 2.00 bits per heavy atom. The first-order valence-corrected chi connectivity index (χ1v) is 7.12. The quantitative estimate of drug-likeness (QED) is 0.613. The number of benzene rings is 1. The molecule has 1 fully saturated rings. The van der Waals surface area contributed by atoms with Crippen molar-refractivity contribution in [2.45, 2.75) is 26.7 Å². The second-order valence-electron chi connectivity index (χ2n) is 5.68. The summed E-state index contributed by atoms with van der Waals surface area (Å²) in [6, 6.07) is 6.98. The maximum Gasteiger partial charge on any atom is 0.292 e. The largest absolute Gasteiger partial charge is 0.381 e. The number of para-hydroxylation sites is 2. The fourth-order valence-corrected chi connectivity index (χ4v) is 2.67. The molecule has 0 amide bonds. The summed E-state index contributed by atoms with van der Waals surface area (Å²) in [6.45, 7) is 7.44. The van der Waals surface area contributed by atoms with Gasteiger partial charge in [-0.05, 0) is 31.2 Å². The average molecular weight is 278 g/mol. The third kappa shape index (κ3) is 3.28. The van der Waals surface area contributed by atoms with Crippen LogP contribution in [-0.4, -0.2) is 31.2 Å². The molecule has 2 rings (SSSR count). The minimum atomic E-state index is -0.302. The Balaban J connectivity index is 2.06. The smallest absolute Gasteiger partial charge is 0.292 e. The molecule has 0 spiro atoms. The molecule has 0 aliphatic carbocycles. The van der Waals surface area contributed by atoms with E-state index in [1.54, 1.807) is 12.1 Å². The number of hydrogen-bond acceptors (Lipinski definition) is 4. The lowest BCUT2D eigenvalue weighted by Gasteiger charge is -2.40. The molecule has 5 nitrogen and oxygen atoms in total. The fourth-order valence-electron chi connectivity index (χ4n) is 2.67. The normalized spacial score (nSPS) is 18.0. The molecule has 20 heavy (non-hydrogen) atoms. The van der Waals surface area contributed by atoms with E-state index >= 15 is 0 Å². The monoisotopic (exact) mass is 278 g/mol. The summed E-state index contributed by atoms with van der Waals surface area (Å²) in [7, 11) is 0. The van der Waals surface area contributed by atoms with Gasteiger partial charge in [0.05, 0.1) is 11.5 Å². The van der Waals surface area contributed by atoms with Crippen molar-refractivity contribution in [3.05, 3.63) is 34.4 Å². The molecule has 1 aromatic rings. The van der Waals surface area contributed by atoms with Gasteiger partial charge in [-0.1, -0.05) is 19.1 Å². The lowest BCUT2D eigenvalue weighted by Crippen LogP contribution is -2.41. The number of nitro benzene ring substituents is 1. The molecule has 1 aliphatic heterocycles. The number of nitro groups is 1. The number of hydrogen-bond donors (Lipinski definition) is 0. The average Bonchev–Trinajstić information content (AvgIpc) is 2.46. The van der Waals surface area contributed by atoms with Crippen molar-refractivity contribution in [1.29, 1.82) is 0 Å². The number of rotatable bonds is 5. The van der Waals surface area contributed by atoms with Crippen molar-refractivity contribution in [3.63, 3.8) is 0 Å². The van der Waals surface area contributed by atoms with Gasteiger partial charge in [-0.2, -0.15) is 0 Å². The van der Waals surface area contributed by atoms with Crippen LogP contribution in [0.4, 0.5) is 11.4 Å². The second kappa shape index (κ2) is 6.22. The van der Waals surface area contributed by atoms with E-state index in [-0.39, 0.29) is 16.0 Å². The standard InChI is InChI=1S/C15H22N2O3/c1-3-20-12-15(2)8-10-16(11-9-15)13-6-4-5-7-14(13)17(18)19/h4-7H,3,8-12H2,1-2H3. The summed E-state index contributed by atoms with van der Waals surface area (Å²) in [6.07, 6.45) is 2.00. The summed E-state index contributed by atoms with van der Waals surface area (Å²) < 4.78 is 5.55. The first-order valence-electron chi connectivity index (χ1n) is 7.12. The highest BCUT2D eigenvalue weighted by Gasteiger charge is 2.32. The predicted molar refractivity (Wildman–Crippen MR) is 79.1 cm³/mol. The van der Waals surface area contributed by atoms with Gasteiger partial charge in [0.15, 0.2) is 0 Å². The van der Waals surface area contributed by atoms with Crippen LogP contribution >= 0.6 is 0 Å². The summed E-state index contributed by atoms with van der Waals surface area (Å²) in [5.74, 6) is 0. The van der Waals surface area contributed by atoms with E-state index in [0.29, 0.717) is 0 Å². The molecule has 1 aromatic carbocycles. The van der Waals surface area contributed by atoms with Crippen molar-refractivity contribution >= 4 is 11.4 Å². The molecule has 0 saturated carbocycles. The Labute approximate surface area is 119 Å². The summed E-state index contributed by atoms with van der Waals surface area (Å²) in [4.78, 5) is 12.9. The van der Waals surface area contributed by atoms with Gasteiger partial charge < -0.3 is 9.64 Å². The van der Waals surface area contributed by atoms with Crippen LogP contribution < -0.4 is 4.90 Å². The molecule has 0 aromatic heterocycles. The summed E-state index contributed by atoms with van der Waals surface area (Å²) in [5.41, 5.74) is 1.12. The molecular formula is C15H22N2O3. The van der Waals surface area contributed by atoms with Crippen molar-refractivity contribution in [2.75, 3.05) is 31.2 Å². The number of ether oxygens (including phenoxy) is 1. The second-order valence-corrected chi connectivity index (χ2v) is 5.68. The van der Waals surface area contributed by atoms with E-state index in [1.807, 2.05) is 19.1 Å². The fraction of sp³-hybridized carbons (Fsp3) is 0.600. The van der Waals surface area contributed by atoms with Gasteiger partial charge in [-0.15, -0.1) is 0 Å². The molecule has 1 heterocycles. The lowest BCUT2D eigenvalue weighted by molar-refractivity contribution is -0.384. The summed E-state index contributed by atoms with van der Waals surface area (Å²) in [5, 5.41) is 11.1. The number of piperidine rings is 1. The van der Waals surface area contributed by atoms with Crippen LogP contribution in [-0.2, 0) is 4.74 Å². The molecule has 0 radical (unpaired) electrons. The van der Waals surface area contributed by atoms with Gasteiger partial charge in [0.2, 0.25) is 0 Å². The van der Waals surface area contributed by atoms with Gasteiger partial charge in [0.25, 0.3) is 5.69 Å². The van der Waals surface area contributed by atoms with Crippen molar-refractivity contribution in [3.8, 4) is 0 Å². The first kappa shape index (κ1) is 14.8. The van der Waals surface area contributed by atoms with Gasteiger partial charge in [-0.3, -0.25) is 10.1 Å². The molecule has 1 aliphatic rings. The van der Waals surface area contributed by atoms with Crippen LogP contribution in [0.5, 0.6) is 0 Å². The van der Waals surface area contributed by atoms with Crippen molar-refractivity contribution in [2.24, 2.45) is 5.41 Å². The Hall–Kier alpha value is -1.62. The van der Waals surface area contributed by atoms with Crippen LogP contribution in [0, 0.1) is 15.5 Å². The highest BCUT2D eigenvalue weighted by Crippen LogP contribution is 2.36. The number of anilines is 1. The van der Waals surface area contributed by atoms with Crippen LogP contribution in [0.2, 0.25) is 0 Å². The van der Waals surface area contributed by atoms with E-state index in [1.165, 1.54) is 0 Å². The van der Waals surface area contributed by atoms with E-state index in [2.05, 4.69) is 11.8 Å². The molecule has 110 valence electrons. The molecule has 0 atom stereocenters. The SMILES string of the molecule is CCOCC1(C)CCN(c2ccccc2[N+](=O)[O-])CC1. The van der Waals surface area contributed by atoms with Crippen molar-refractivity contribution in [1.82, 2.24) is 0 Å². The Kier molecular flexibility index (Phi) is 4.60. The maximum atomic E-state index is 11.1. The molecule has 0 bridgehead atoms. The zero-order chi connectivity index (χ0) is 14.6. The van der Waals surface area contributed by atoms with E-state index < -0.39 is 0 Å². The predicted octanol–water partition coefficient (Wildman–Crippen LogP) is 3.24. The van der Waals surface area contributed by atoms with E-state index in [4.69, 9.17) is 4.74 Å². The molecule has 0 N–H and O–H groups in total. The minimum absolute atomic E-state index is 0.191. The maximum absolute atomic E-state index is 11.1. The molecular weight excluding hydrogens is 256 g/mol. The molecule has 0 unspecified atom stereocenters. The Morgan fingerprint density at radius 1 is 1.35 bits per heavy atom. The number of nitrogens with zero attached hydrogens (tertiary/aromatic N) is 2. The summed E-state index contributed by atoms with van der Waals surface area (Å²) >= 11 is 0.